The smallest absolute Gasteiger partial charge is 0.308 e. The van der Waals surface area contributed by atoms with Gasteiger partial charge in [-0.25, -0.2) is 0 Å². The summed E-state index contributed by atoms with van der Waals surface area (Å²) in [5.74, 6) is -1.20. The number of hydrogen-bond donors (Lipinski definition) is 1. The summed E-state index contributed by atoms with van der Waals surface area (Å²) in [6.45, 7) is 1.84. The van der Waals surface area contributed by atoms with Crippen molar-refractivity contribution >= 4 is 17.3 Å². The number of fused-ring (bicyclic) bond motifs is 2. The van der Waals surface area contributed by atoms with E-state index < -0.39 is 11.9 Å². The van der Waals surface area contributed by atoms with Crippen molar-refractivity contribution in [2.24, 2.45) is 5.92 Å². The molecule has 0 spiro atoms. The topological polar surface area (TPSA) is 83.7 Å². The minimum atomic E-state index is -0.793. The van der Waals surface area contributed by atoms with Gasteiger partial charge in [0.1, 0.15) is 5.69 Å². The minimum Gasteiger partial charge on any atom is -0.481 e. The Bertz CT molecular complexity index is 587. The predicted octanol–water partition coefficient (Wildman–Crippen LogP) is 2.35. The van der Waals surface area contributed by atoms with E-state index in [-0.39, 0.29) is 22.7 Å². The van der Waals surface area contributed by atoms with Crippen LogP contribution in [0.2, 0.25) is 0 Å². The number of rotatable bonds is 3. The molecule has 0 aliphatic carbocycles. The maximum Gasteiger partial charge on any atom is 0.308 e. The number of aliphatic carboxylic acids is 1. The average Bonchev–Trinajstić information content (AvgIpc) is 2.95. The van der Waals surface area contributed by atoms with Gasteiger partial charge in [-0.2, -0.15) is 0 Å². The number of carboxylic acids is 1. The molecule has 0 radical (unpaired) electrons. The van der Waals surface area contributed by atoms with E-state index in [1.165, 1.54) is 6.07 Å². The van der Waals surface area contributed by atoms with Crippen molar-refractivity contribution in [2.75, 3.05) is 4.90 Å². The number of carboxylic acid groups (broad SMARTS) is 1. The monoisotopic (exact) mass is 276 g/mol. The third kappa shape index (κ3) is 1.75. The quantitative estimate of drug-likeness (QED) is 0.676. The van der Waals surface area contributed by atoms with Crippen molar-refractivity contribution in [3.63, 3.8) is 0 Å². The molecule has 1 aromatic carbocycles. The zero-order chi connectivity index (χ0) is 14.4. The van der Waals surface area contributed by atoms with Crippen molar-refractivity contribution in [3.05, 3.63) is 33.9 Å². The average molecular weight is 276 g/mol. The molecule has 0 saturated carbocycles. The van der Waals surface area contributed by atoms with E-state index in [1.807, 2.05) is 17.9 Å². The highest BCUT2D eigenvalue weighted by molar-refractivity contribution is 5.77. The van der Waals surface area contributed by atoms with Crippen molar-refractivity contribution in [3.8, 4) is 0 Å². The van der Waals surface area contributed by atoms with E-state index in [9.17, 15) is 20.0 Å². The van der Waals surface area contributed by atoms with Gasteiger partial charge in [0.05, 0.1) is 10.8 Å². The van der Waals surface area contributed by atoms with Gasteiger partial charge in [0.2, 0.25) is 0 Å². The highest BCUT2D eigenvalue weighted by Crippen LogP contribution is 2.48. The van der Waals surface area contributed by atoms with E-state index in [0.717, 1.165) is 18.4 Å². The molecule has 0 amide bonds. The Hall–Kier alpha value is -2.11. The Morgan fingerprint density at radius 3 is 2.80 bits per heavy atom. The fourth-order valence-electron chi connectivity index (χ4n) is 3.73. The molecule has 2 aliphatic heterocycles. The zero-order valence-corrected chi connectivity index (χ0v) is 11.2. The molecule has 2 fully saturated rings. The fourth-order valence-corrected chi connectivity index (χ4v) is 3.73. The molecule has 20 heavy (non-hydrogen) atoms. The van der Waals surface area contributed by atoms with Crippen LogP contribution in [0.25, 0.3) is 0 Å². The summed E-state index contributed by atoms with van der Waals surface area (Å²) in [6.07, 6.45) is 2.30. The fraction of sp³-hybridized carbons (Fsp3) is 0.500. The van der Waals surface area contributed by atoms with Gasteiger partial charge in [-0.15, -0.1) is 0 Å². The Balaban J connectivity index is 2.07. The Labute approximate surface area is 116 Å². The second-order valence-electron chi connectivity index (χ2n) is 5.59. The van der Waals surface area contributed by atoms with Crippen molar-refractivity contribution < 1.29 is 14.8 Å². The van der Waals surface area contributed by atoms with E-state index in [1.54, 1.807) is 6.07 Å². The third-order valence-corrected chi connectivity index (χ3v) is 4.53. The molecule has 6 heteroatoms. The zero-order valence-electron chi connectivity index (χ0n) is 11.2. The lowest BCUT2D eigenvalue weighted by Gasteiger charge is -2.26. The number of nitro groups is 1. The highest BCUT2D eigenvalue weighted by atomic mass is 16.6. The van der Waals surface area contributed by atoms with Gasteiger partial charge in [-0.3, -0.25) is 14.9 Å². The first-order valence-electron chi connectivity index (χ1n) is 6.76. The van der Waals surface area contributed by atoms with Gasteiger partial charge >= 0.3 is 5.97 Å². The Kier molecular flexibility index (Phi) is 2.88. The lowest BCUT2D eigenvalue weighted by molar-refractivity contribution is -0.384. The summed E-state index contributed by atoms with van der Waals surface area (Å²) in [5, 5.41) is 20.5. The molecular weight excluding hydrogens is 260 g/mol. The number of nitro benzene ring substituents is 1. The molecule has 1 aromatic rings. The normalized spacial score (nSPS) is 27.9. The third-order valence-electron chi connectivity index (χ3n) is 4.53. The van der Waals surface area contributed by atoms with E-state index in [2.05, 4.69) is 0 Å². The maximum absolute atomic E-state index is 11.3. The largest absolute Gasteiger partial charge is 0.481 e. The van der Waals surface area contributed by atoms with Crippen LogP contribution in [0.15, 0.2) is 18.2 Å². The number of carbonyl (C=O) groups is 1. The van der Waals surface area contributed by atoms with E-state index >= 15 is 0 Å². The summed E-state index contributed by atoms with van der Waals surface area (Å²) >= 11 is 0. The van der Waals surface area contributed by atoms with Gasteiger partial charge in [0, 0.05) is 18.2 Å². The molecule has 2 aliphatic rings. The molecule has 3 rings (SSSR count). The van der Waals surface area contributed by atoms with Crippen LogP contribution in [0.1, 0.15) is 24.8 Å². The van der Waals surface area contributed by atoms with Gasteiger partial charge in [0.25, 0.3) is 5.69 Å². The van der Waals surface area contributed by atoms with Gasteiger partial charge in [-0.05, 0) is 31.7 Å². The first-order valence-corrected chi connectivity index (χ1v) is 6.76. The molecule has 3 atom stereocenters. The Morgan fingerprint density at radius 1 is 1.45 bits per heavy atom. The number of hydrogen-bond acceptors (Lipinski definition) is 4. The molecule has 3 unspecified atom stereocenters. The predicted molar refractivity (Wildman–Crippen MR) is 72.9 cm³/mol. The second-order valence-corrected chi connectivity index (χ2v) is 5.59. The van der Waals surface area contributed by atoms with Crippen LogP contribution < -0.4 is 4.90 Å². The summed E-state index contributed by atoms with van der Waals surface area (Å²) < 4.78 is 0. The Morgan fingerprint density at radius 2 is 2.20 bits per heavy atom. The number of benzene rings is 1. The number of nitrogens with zero attached hydrogens (tertiary/aromatic N) is 2. The minimum absolute atomic E-state index is 0.0768. The highest BCUT2D eigenvalue weighted by Gasteiger charge is 2.51. The standard InChI is InChI=1S/C14H16N2O4/c1-8-3-2-4-12(16(19)20)13(8)15-9-5-6-11(15)10(7-9)14(17)18/h2-4,9-11H,5-7H2,1H3,(H,17,18). The molecule has 2 saturated heterocycles. The SMILES string of the molecule is Cc1cccc([N+](=O)[O-])c1N1C2CCC1C(C(=O)O)C2. The molecule has 1 N–H and O–H groups in total. The number of anilines is 1. The van der Waals surface area contributed by atoms with Crippen molar-refractivity contribution in [2.45, 2.75) is 38.3 Å². The summed E-state index contributed by atoms with van der Waals surface area (Å²) in [6, 6.07) is 5.01. The van der Waals surface area contributed by atoms with Crippen molar-refractivity contribution in [1.82, 2.24) is 0 Å². The van der Waals surface area contributed by atoms with Crippen LogP contribution in [0.4, 0.5) is 11.4 Å². The summed E-state index contributed by atoms with van der Waals surface area (Å²) in [4.78, 5) is 24.2. The molecule has 106 valence electrons. The lowest BCUT2D eigenvalue weighted by atomic mass is 9.89. The van der Waals surface area contributed by atoms with Crippen LogP contribution in [0.5, 0.6) is 0 Å². The van der Waals surface area contributed by atoms with Crippen LogP contribution in [-0.2, 0) is 4.79 Å². The summed E-state index contributed by atoms with van der Waals surface area (Å²) in [7, 11) is 0. The number of para-hydroxylation sites is 1. The first kappa shape index (κ1) is 12.9. The van der Waals surface area contributed by atoms with Gasteiger partial charge in [-0.1, -0.05) is 12.1 Å². The molecule has 6 nitrogen and oxygen atoms in total. The van der Waals surface area contributed by atoms with Gasteiger partial charge in [0.15, 0.2) is 0 Å². The van der Waals surface area contributed by atoms with Crippen LogP contribution in [0.3, 0.4) is 0 Å². The van der Waals surface area contributed by atoms with Crippen molar-refractivity contribution in [1.29, 1.82) is 0 Å². The van der Waals surface area contributed by atoms with E-state index in [4.69, 9.17) is 0 Å². The second kappa shape index (κ2) is 4.47. The molecule has 0 aromatic heterocycles. The van der Waals surface area contributed by atoms with Crippen LogP contribution in [0, 0.1) is 23.0 Å². The summed E-state index contributed by atoms with van der Waals surface area (Å²) in [5.41, 5.74) is 1.52. The van der Waals surface area contributed by atoms with Crippen LogP contribution >= 0.6 is 0 Å². The number of aryl methyl sites for hydroxylation is 1. The molecule has 2 bridgehead atoms. The maximum atomic E-state index is 11.3. The first-order chi connectivity index (χ1) is 9.50. The molecular formula is C14H16N2O4. The molecule has 2 heterocycles. The van der Waals surface area contributed by atoms with E-state index in [0.29, 0.717) is 12.1 Å². The van der Waals surface area contributed by atoms with Crippen LogP contribution in [-0.4, -0.2) is 28.1 Å². The lowest BCUT2D eigenvalue weighted by Crippen LogP contribution is -2.33. The van der Waals surface area contributed by atoms with Gasteiger partial charge < -0.3 is 10.0 Å².